The van der Waals surface area contributed by atoms with Gasteiger partial charge >= 0.3 is 12.2 Å². The van der Waals surface area contributed by atoms with Crippen molar-refractivity contribution in [3.05, 3.63) is 30.0 Å². The number of benzene rings is 1. The third kappa shape index (κ3) is 5.06. The molecule has 0 atom stereocenters. The Balaban J connectivity index is 2.33. The summed E-state index contributed by atoms with van der Waals surface area (Å²) in [6.07, 6.45) is -7.32. The van der Waals surface area contributed by atoms with Crippen LogP contribution in [0, 0.1) is 0 Å². The van der Waals surface area contributed by atoms with Crippen molar-refractivity contribution in [2.75, 3.05) is 31.0 Å². The molecule has 0 spiro atoms. The molecule has 11 nitrogen and oxygen atoms in total. The first kappa shape index (κ1) is 27.1. The van der Waals surface area contributed by atoms with Gasteiger partial charge in [0.15, 0.2) is 5.75 Å². The molecule has 0 saturated carbocycles. The molecule has 0 aliphatic rings. The van der Waals surface area contributed by atoms with E-state index in [0.29, 0.717) is 6.07 Å². The number of amides is 1. The van der Waals surface area contributed by atoms with Gasteiger partial charge in [-0.05, 0) is 12.1 Å². The van der Waals surface area contributed by atoms with Crippen LogP contribution >= 0.6 is 11.6 Å². The van der Waals surface area contributed by atoms with E-state index in [1.807, 2.05) is 0 Å². The van der Waals surface area contributed by atoms with E-state index in [4.69, 9.17) is 21.1 Å². The maximum atomic E-state index is 13.8. The van der Waals surface area contributed by atoms with Gasteiger partial charge in [0.05, 0.1) is 26.0 Å². The SMILES string of the molecule is COc1cnc(OC)n2nc(N(C(=O)CCl)S(=O)(=O)c3c(OCC(F)F)cccc3C(F)(F)F)nc12. The largest absolute Gasteiger partial charge is 0.491 e. The molecule has 0 aliphatic heterocycles. The van der Waals surface area contributed by atoms with E-state index >= 15 is 0 Å². The highest BCUT2D eigenvalue weighted by atomic mass is 35.5. The lowest BCUT2D eigenvalue weighted by atomic mass is 10.2. The van der Waals surface area contributed by atoms with Gasteiger partial charge in [0.2, 0.25) is 5.65 Å². The van der Waals surface area contributed by atoms with Gasteiger partial charge in [-0.1, -0.05) is 6.07 Å². The van der Waals surface area contributed by atoms with Crippen LogP contribution < -0.4 is 18.5 Å². The fourth-order valence-electron chi connectivity index (χ4n) is 2.96. The summed E-state index contributed by atoms with van der Waals surface area (Å²) in [6, 6.07) is 1.59. The number of methoxy groups -OCH3 is 2. The molecule has 18 heteroatoms. The van der Waals surface area contributed by atoms with Crippen LogP contribution in [0.3, 0.4) is 0 Å². The van der Waals surface area contributed by atoms with Crippen molar-refractivity contribution >= 4 is 39.1 Å². The van der Waals surface area contributed by atoms with Gasteiger partial charge < -0.3 is 14.2 Å². The number of rotatable bonds is 9. The Morgan fingerprint density at radius 3 is 2.44 bits per heavy atom. The highest BCUT2D eigenvalue weighted by Crippen LogP contribution is 2.41. The Morgan fingerprint density at radius 2 is 1.89 bits per heavy atom. The number of aromatic nitrogens is 4. The molecule has 2 aromatic heterocycles. The average molecular weight is 560 g/mol. The number of sulfonamides is 1. The van der Waals surface area contributed by atoms with Gasteiger partial charge in [0.1, 0.15) is 23.1 Å². The first-order valence-corrected chi connectivity index (χ1v) is 11.4. The van der Waals surface area contributed by atoms with E-state index in [1.54, 1.807) is 0 Å². The normalized spacial score (nSPS) is 12.1. The second kappa shape index (κ2) is 10.3. The second-order valence-electron chi connectivity index (χ2n) is 6.59. The molecule has 2 heterocycles. The molecule has 1 amide bonds. The zero-order valence-corrected chi connectivity index (χ0v) is 19.7. The van der Waals surface area contributed by atoms with Crippen LogP contribution in [0.25, 0.3) is 5.65 Å². The number of halogens is 6. The minimum atomic E-state index is -5.58. The number of hydrogen-bond acceptors (Lipinski definition) is 9. The van der Waals surface area contributed by atoms with E-state index < -0.39 is 63.2 Å². The Labute approximate surface area is 204 Å². The monoisotopic (exact) mass is 559 g/mol. The molecular formula is C18H15ClF5N5O6S. The number of nitrogens with zero attached hydrogens (tertiary/aromatic N) is 5. The summed E-state index contributed by atoms with van der Waals surface area (Å²) in [4.78, 5) is 18.8. The smallest absolute Gasteiger partial charge is 0.417 e. The van der Waals surface area contributed by atoms with Crippen LogP contribution in [0.4, 0.5) is 27.9 Å². The number of carbonyl (C=O) groups is 1. The third-order valence-electron chi connectivity index (χ3n) is 4.36. The van der Waals surface area contributed by atoms with E-state index in [9.17, 15) is 35.2 Å². The number of alkyl halides is 6. The van der Waals surface area contributed by atoms with Crippen molar-refractivity contribution in [3.63, 3.8) is 0 Å². The highest BCUT2D eigenvalue weighted by Gasteiger charge is 2.44. The van der Waals surface area contributed by atoms with Crippen molar-refractivity contribution in [2.45, 2.75) is 17.5 Å². The van der Waals surface area contributed by atoms with Crippen LogP contribution in [0.5, 0.6) is 17.5 Å². The van der Waals surface area contributed by atoms with Crippen LogP contribution in [-0.4, -0.2) is 67.0 Å². The molecule has 0 N–H and O–H groups in total. The Bertz CT molecular complexity index is 1340. The Morgan fingerprint density at radius 1 is 1.19 bits per heavy atom. The van der Waals surface area contributed by atoms with Gasteiger partial charge in [0.25, 0.3) is 28.3 Å². The minimum absolute atomic E-state index is 0.0677. The number of fused-ring (bicyclic) bond motifs is 1. The number of carbonyl (C=O) groups excluding carboxylic acids is 1. The predicted octanol–water partition coefficient (Wildman–Crippen LogP) is 2.76. The lowest BCUT2D eigenvalue weighted by molar-refractivity contribution is -0.140. The Kier molecular flexibility index (Phi) is 7.73. The molecule has 1 aromatic carbocycles. The second-order valence-corrected chi connectivity index (χ2v) is 8.58. The van der Waals surface area contributed by atoms with Crippen molar-refractivity contribution in [2.24, 2.45) is 0 Å². The van der Waals surface area contributed by atoms with E-state index in [0.717, 1.165) is 22.8 Å². The zero-order chi connectivity index (χ0) is 26.8. The molecule has 196 valence electrons. The Hall–Kier alpha value is -3.47. The molecule has 36 heavy (non-hydrogen) atoms. The summed E-state index contributed by atoms with van der Waals surface area (Å²) in [5.74, 6) is -4.61. The molecule has 0 unspecified atom stereocenters. The number of ether oxygens (including phenoxy) is 3. The summed E-state index contributed by atoms with van der Waals surface area (Å²) in [5, 5.41) is 3.81. The molecule has 0 aliphatic carbocycles. The third-order valence-corrected chi connectivity index (χ3v) is 6.38. The lowest BCUT2D eigenvalue weighted by Gasteiger charge is -2.23. The molecule has 0 radical (unpaired) electrons. The predicted molar refractivity (Wildman–Crippen MR) is 112 cm³/mol. The quantitative estimate of drug-likeness (QED) is 0.287. The van der Waals surface area contributed by atoms with Gasteiger partial charge in [-0.2, -0.15) is 32.0 Å². The topological polar surface area (TPSA) is 125 Å². The fraction of sp³-hybridized carbons (Fsp3) is 0.333. The first-order chi connectivity index (χ1) is 16.9. The lowest BCUT2D eigenvalue weighted by Crippen LogP contribution is -2.40. The number of anilines is 1. The zero-order valence-electron chi connectivity index (χ0n) is 18.2. The fourth-order valence-corrected chi connectivity index (χ4v) is 4.80. The molecule has 0 saturated heterocycles. The van der Waals surface area contributed by atoms with Gasteiger partial charge in [-0.15, -0.1) is 16.7 Å². The van der Waals surface area contributed by atoms with Crippen molar-refractivity contribution in [1.29, 1.82) is 0 Å². The number of hydrogen-bond donors (Lipinski definition) is 0. The van der Waals surface area contributed by atoms with Crippen LogP contribution in [0.2, 0.25) is 0 Å². The van der Waals surface area contributed by atoms with E-state index in [2.05, 4.69) is 19.8 Å². The highest BCUT2D eigenvalue weighted by molar-refractivity contribution is 7.93. The summed E-state index contributed by atoms with van der Waals surface area (Å²) in [6.45, 7) is -1.43. The standard InChI is InChI=1S/C18H15ClF5N5O6S/c1-33-11-7-25-17(34-2)28-15(11)26-16(27-28)29(13(30)6-19)36(31,32)14-9(18(22,23)24)4-3-5-10(14)35-8-12(20)21/h3-5,7,12H,6,8H2,1-2H3. The van der Waals surface area contributed by atoms with Gasteiger partial charge in [-0.3, -0.25) is 4.79 Å². The molecule has 0 bridgehead atoms. The van der Waals surface area contributed by atoms with Crippen LogP contribution in [0.15, 0.2) is 29.3 Å². The summed E-state index contributed by atoms with van der Waals surface area (Å²) >= 11 is 5.55. The molecular weight excluding hydrogens is 545 g/mol. The molecule has 3 rings (SSSR count). The minimum Gasteiger partial charge on any atom is -0.491 e. The average Bonchev–Trinajstić information content (AvgIpc) is 3.25. The van der Waals surface area contributed by atoms with Crippen molar-refractivity contribution in [1.82, 2.24) is 19.6 Å². The van der Waals surface area contributed by atoms with Crippen LogP contribution in [-0.2, 0) is 21.0 Å². The maximum Gasteiger partial charge on any atom is 0.417 e. The first-order valence-electron chi connectivity index (χ1n) is 9.45. The maximum absolute atomic E-state index is 13.8. The van der Waals surface area contributed by atoms with Crippen molar-refractivity contribution < 1.29 is 49.4 Å². The molecule has 3 aromatic rings. The van der Waals surface area contributed by atoms with Gasteiger partial charge in [0, 0.05) is 0 Å². The summed E-state index contributed by atoms with van der Waals surface area (Å²) in [7, 11) is -3.18. The van der Waals surface area contributed by atoms with E-state index in [1.165, 1.54) is 14.2 Å². The molecule has 0 fully saturated rings. The summed E-state index contributed by atoms with van der Waals surface area (Å²) in [5.41, 5.74) is -2.01. The summed E-state index contributed by atoms with van der Waals surface area (Å²) < 4.78 is 109. The van der Waals surface area contributed by atoms with Crippen molar-refractivity contribution in [3.8, 4) is 17.5 Å². The van der Waals surface area contributed by atoms with Gasteiger partial charge in [-0.25, -0.2) is 17.2 Å². The van der Waals surface area contributed by atoms with Crippen LogP contribution in [0.1, 0.15) is 5.56 Å². The van der Waals surface area contributed by atoms with E-state index in [-0.39, 0.29) is 21.7 Å².